The lowest BCUT2D eigenvalue weighted by atomic mass is 10.1. The van der Waals surface area contributed by atoms with Crippen molar-refractivity contribution >= 4 is 28.5 Å². The molecule has 0 aromatic heterocycles. The monoisotopic (exact) mass is 393 g/mol. The van der Waals surface area contributed by atoms with Crippen LogP contribution in [0.2, 0.25) is 0 Å². The predicted octanol–water partition coefficient (Wildman–Crippen LogP) is 4.65. The van der Waals surface area contributed by atoms with Crippen molar-refractivity contribution in [3.63, 3.8) is 0 Å². The second kappa shape index (κ2) is 7.59. The molecule has 0 saturated carbocycles. The van der Waals surface area contributed by atoms with Crippen LogP contribution in [0.3, 0.4) is 0 Å². The summed E-state index contributed by atoms with van der Waals surface area (Å²) in [6.07, 6.45) is 0.960. The Morgan fingerprint density at radius 1 is 1.05 bits per heavy atom. The van der Waals surface area contributed by atoms with Gasteiger partial charge in [-0.1, -0.05) is 36.8 Å². The fraction of sp³-hybridized carbons (Fsp3) is 0.278. The molecule has 2 aromatic rings. The summed E-state index contributed by atoms with van der Waals surface area (Å²) in [5, 5.41) is 0. The number of halogens is 1. The summed E-state index contributed by atoms with van der Waals surface area (Å²) in [6, 6.07) is 16.1. The first-order valence-electron chi connectivity index (χ1n) is 7.20. The lowest BCUT2D eigenvalue weighted by Gasteiger charge is -2.22. The summed E-state index contributed by atoms with van der Waals surface area (Å²) >= 11 is 2.25. The van der Waals surface area contributed by atoms with Crippen LogP contribution in [0, 0.1) is 10.5 Å². The largest absolute Gasteiger partial charge is 0.334 e. The molecule has 3 heteroatoms. The average Bonchev–Trinajstić information content (AvgIpc) is 2.49. The molecular formula is C18H20INO. The summed E-state index contributed by atoms with van der Waals surface area (Å²) < 4.78 is 1.14. The summed E-state index contributed by atoms with van der Waals surface area (Å²) in [6.45, 7) is 5.62. The second-order valence-corrected chi connectivity index (χ2v) is 6.46. The number of benzene rings is 2. The van der Waals surface area contributed by atoms with Gasteiger partial charge in [0.25, 0.3) is 5.91 Å². The molecule has 0 spiro atoms. The van der Waals surface area contributed by atoms with Crippen LogP contribution in [0.25, 0.3) is 0 Å². The Morgan fingerprint density at radius 2 is 1.67 bits per heavy atom. The molecule has 110 valence electrons. The molecule has 0 atom stereocenters. The quantitative estimate of drug-likeness (QED) is 0.678. The highest BCUT2D eigenvalue weighted by Crippen LogP contribution is 2.13. The maximum atomic E-state index is 12.6. The van der Waals surface area contributed by atoms with Gasteiger partial charge in [0, 0.05) is 22.2 Å². The van der Waals surface area contributed by atoms with E-state index in [9.17, 15) is 4.79 Å². The molecular weight excluding hydrogens is 373 g/mol. The van der Waals surface area contributed by atoms with Crippen LogP contribution in [0.4, 0.5) is 0 Å². The van der Waals surface area contributed by atoms with Gasteiger partial charge in [-0.3, -0.25) is 4.79 Å². The van der Waals surface area contributed by atoms with E-state index in [-0.39, 0.29) is 5.91 Å². The molecule has 0 N–H and O–H groups in total. The molecule has 2 aromatic carbocycles. The smallest absolute Gasteiger partial charge is 0.254 e. The van der Waals surface area contributed by atoms with Crippen molar-refractivity contribution in [1.82, 2.24) is 4.90 Å². The number of aryl methyl sites for hydroxylation is 1. The van der Waals surface area contributed by atoms with Crippen molar-refractivity contribution in [2.24, 2.45) is 0 Å². The van der Waals surface area contributed by atoms with Gasteiger partial charge in [0.05, 0.1) is 0 Å². The molecule has 2 rings (SSSR count). The molecule has 0 unspecified atom stereocenters. The van der Waals surface area contributed by atoms with Gasteiger partial charge in [0.2, 0.25) is 0 Å². The van der Waals surface area contributed by atoms with Gasteiger partial charge in [-0.2, -0.15) is 0 Å². The SMILES string of the molecule is CCCN(Cc1ccc(C)cc1)C(=O)c1ccc(I)cc1. The molecule has 0 aliphatic rings. The zero-order valence-electron chi connectivity index (χ0n) is 12.5. The summed E-state index contributed by atoms with van der Waals surface area (Å²) in [5.74, 6) is 0.105. The van der Waals surface area contributed by atoms with Crippen LogP contribution in [-0.4, -0.2) is 17.4 Å². The van der Waals surface area contributed by atoms with E-state index in [1.54, 1.807) is 0 Å². The van der Waals surface area contributed by atoms with Gasteiger partial charge in [0.15, 0.2) is 0 Å². The zero-order valence-corrected chi connectivity index (χ0v) is 14.6. The molecule has 0 aliphatic carbocycles. The number of rotatable bonds is 5. The van der Waals surface area contributed by atoms with Crippen LogP contribution >= 0.6 is 22.6 Å². The van der Waals surface area contributed by atoms with E-state index >= 15 is 0 Å². The molecule has 0 aliphatic heterocycles. The minimum absolute atomic E-state index is 0.105. The van der Waals surface area contributed by atoms with Crippen molar-refractivity contribution in [3.05, 3.63) is 68.8 Å². The molecule has 0 bridgehead atoms. The molecule has 21 heavy (non-hydrogen) atoms. The first kappa shape index (κ1) is 16.0. The summed E-state index contributed by atoms with van der Waals surface area (Å²) in [5.41, 5.74) is 3.17. The minimum atomic E-state index is 0.105. The van der Waals surface area contributed by atoms with Crippen LogP contribution in [-0.2, 0) is 6.54 Å². The first-order valence-corrected chi connectivity index (χ1v) is 8.28. The predicted molar refractivity (Wildman–Crippen MR) is 95.4 cm³/mol. The Bertz CT molecular complexity index is 590. The Hall–Kier alpha value is -1.36. The highest BCUT2D eigenvalue weighted by Gasteiger charge is 2.15. The lowest BCUT2D eigenvalue weighted by molar-refractivity contribution is 0.0743. The van der Waals surface area contributed by atoms with E-state index in [4.69, 9.17) is 0 Å². The first-order chi connectivity index (χ1) is 10.1. The molecule has 0 radical (unpaired) electrons. The number of nitrogens with zero attached hydrogens (tertiary/aromatic N) is 1. The van der Waals surface area contributed by atoms with Crippen molar-refractivity contribution < 1.29 is 4.79 Å². The van der Waals surface area contributed by atoms with Crippen molar-refractivity contribution in [2.45, 2.75) is 26.8 Å². The second-order valence-electron chi connectivity index (χ2n) is 5.22. The fourth-order valence-corrected chi connectivity index (χ4v) is 2.57. The van der Waals surface area contributed by atoms with Crippen LogP contribution in [0.1, 0.15) is 34.8 Å². The number of amides is 1. The Morgan fingerprint density at radius 3 is 2.24 bits per heavy atom. The van der Waals surface area contributed by atoms with Crippen molar-refractivity contribution in [1.29, 1.82) is 0 Å². The minimum Gasteiger partial charge on any atom is -0.334 e. The molecule has 1 amide bonds. The fourth-order valence-electron chi connectivity index (χ4n) is 2.21. The van der Waals surface area contributed by atoms with E-state index in [1.165, 1.54) is 11.1 Å². The van der Waals surface area contributed by atoms with E-state index in [1.807, 2.05) is 29.2 Å². The van der Waals surface area contributed by atoms with Gasteiger partial charge in [-0.05, 0) is 65.8 Å². The van der Waals surface area contributed by atoms with Gasteiger partial charge >= 0.3 is 0 Å². The van der Waals surface area contributed by atoms with Crippen molar-refractivity contribution in [2.75, 3.05) is 6.54 Å². The summed E-state index contributed by atoms with van der Waals surface area (Å²) in [7, 11) is 0. The van der Waals surface area contributed by atoms with Crippen LogP contribution in [0.15, 0.2) is 48.5 Å². The molecule has 2 nitrogen and oxygen atoms in total. The van der Waals surface area contributed by atoms with Crippen LogP contribution < -0.4 is 0 Å². The van der Waals surface area contributed by atoms with E-state index in [2.05, 4.69) is 60.7 Å². The van der Waals surface area contributed by atoms with Gasteiger partial charge in [0.1, 0.15) is 0 Å². The van der Waals surface area contributed by atoms with E-state index in [0.29, 0.717) is 6.54 Å². The normalized spacial score (nSPS) is 10.4. The van der Waals surface area contributed by atoms with E-state index < -0.39 is 0 Å². The number of carbonyl (C=O) groups excluding carboxylic acids is 1. The third kappa shape index (κ3) is 4.56. The zero-order chi connectivity index (χ0) is 15.2. The average molecular weight is 393 g/mol. The highest BCUT2D eigenvalue weighted by atomic mass is 127. The Kier molecular flexibility index (Phi) is 5.79. The number of hydrogen-bond acceptors (Lipinski definition) is 1. The lowest BCUT2D eigenvalue weighted by Crippen LogP contribution is -2.31. The molecule has 0 saturated heterocycles. The highest BCUT2D eigenvalue weighted by molar-refractivity contribution is 14.1. The van der Waals surface area contributed by atoms with Gasteiger partial charge in [-0.15, -0.1) is 0 Å². The topological polar surface area (TPSA) is 20.3 Å². The third-order valence-electron chi connectivity index (χ3n) is 3.37. The van der Waals surface area contributed by atoms with Gasteiger partial charge < -0.3 is 4.90 Å². The van der Waals surface area contributed by atoms with Crippen LogP contribution in [0.5, 0.6) is 0 Å². The summed E-state index contributed by atoms with van der Waals surface area (Å²) in [4.78, 5) is 14.6. The number of hydrogen-bond donors (Lipinski definition) is 0. The van der Waals surface area contributed by atoms with Gasteiger partial charge in [-0.25, -0.2) is 0 Å². The number of carbonyl (C=O) groups is 1. The maximum Gasteiger partial charge on any atom is 0.254 e. The molecule has 0 fully saturated rings. The van der Waals surface area contributed by atoms with Crippen molar-refractivity contribution in [3.8, 4) is 0 Å². The maximum absolute atomic E-state index is 12.6. The Balaban J connectivity index is 2.15. The molecule has 0 heterocycles. The standard InChI is InChI=1S/C18H20INO/c1-3-12-20(13-15-6-4-14(2)5-7-15)18(21)16-8-10-17(19)11-9-16/h4-11H,3,12-13H2,1-2H3. The van der Waals surface area contributed by atoms with E-state index in [0.717, 1.165) is 22.1 Å². The third-order valence-corrected chi connectivity index (χ3v) is 4.09. The Labute approximate surface area is 140 Å².